The highest BCUT2D eigenvalue weighted by Gasteiger charge is 2.42. The number of amides is 1. The van der Waals surface area contributed by atoms with Gasteiger partial charge in [-0.3, -0.25) is 4.79 Å². The van der Waals surface area contributed by atoms with E-state index in [9.17, 15) is 14.7 Å². The summed E-state index contributed by atoms with van der Waals surface area (Å²) in [5, 5.41) is 11.8. The van der Waals surface area contributed by atoms with Crippen molar-refractivity contribution in [3.63, 3.8) is 0 Å². The molecule has 1 amide bonds. The third kappa shape index (κ3) is 2.75. The summed E-state index contributed by atoms with van der Waals surface area (Å²) in [5.41, 5.74) is -1.11. The molecule has 0 aromatic heterocycles. The molecule has 0 aliphatic heterocycles. The van der Waals surface area contributed by atoms with E-state index in [1.807, 2.05) is 6.92 Å². The van der Waals surface area contributed by atoms with Gasteiger partial charge in [0, 0.05) is 0 Å². The minimum atomic E-state index is -1.11. The molecule has 1 fully saturated rings. The quantitative estimate of drug-likeness (QED) is 0.690. The second-order valence-corrected chi connectivity index (χ2v) is 4.42. The largest absolute Gasteiger partial charge is 0.480 e. The highest BCUT2D eigenvalue weighted by molar-refractivity contribution is 5.97. The lowest BCUT2D eigenvalue weighted by molar-refractivity contribution is -0.149. The molecule has 0 aromatic rings. The predicted octanol–water partition coefficient (Wildman–Crippen LogP) is 1.16. The Balaban J connectivity index is 2.83. The van der Waals surface area contributed by atoms with Crippen molar-refractivity contribution >= 4 is 11.9 Å². The number of nitrogens with one attached hydrogen (secondary N) is 1. The van der Waals surface area contributed by atoms with Gasteiger partial charge < -0.3 is 10.4 Å². The van der Waals surface area contributed by atoms with Gasteiger partial charge in [-0.1, -0.05) is 25.7 Å². The average molecular weight is 223 g/mol. The van der Waals surface area contributed by atoms with Crippen LogP contribution in [0.3, 0.4) is 0 Å². The zero-order chi connectivity index (χ0) is 12.2. The van der Waals surface area contributed by atoms with Gasteiger partial charge in [0.15, 0.2) is 0 Å². The molecule has 0 spiro atoms. The molecule has 1 aliphatic rings. The molecule has 0 aromatic carbocycles. The van der Waals surface area contributed by atoms with Crippen LogP contribution in [0.25, 0.3) is 0 Å². The van der Waals surface area contributed by atoms with E-state index in [2.05, 4.69) is 17.2 Å². The summed E-state index contributed by atoms with van der Waals surface area (Å²) in [5.74, 6) is 3.66. The Morgan fingerprint density at radius 1 is 1.50 bits per heavy atom. The number of carboxylic acids is 1. The fourth-order valence-corrected chi connectivity index (χ4v) is 2.27. The van der Waals surface area contributed by atoms with E-state index in [-0.39, 0.29) is 0 Å². The first-order chi connectivity index (χ1) is 7.50. The Kier molecular flexibility index (Phi) is 3.94. The summed E-state index contributed by atoms with van der Waals surface area (Å²) in [6.45, 7) is 3.56. The minimum absolute atomic E-state index is 0.319. The summed E-state index contributed by atoms with van der Waals surface area (Å²) >= 11 is 0. The number of aliphatic carboxylic acids is 1. The SMILES string of the molecule is CC#CC(=O)NC1(C(=O)O)CCCC(C)C1. The second kappa shape index (κ2) is 5.02. The van der Waals surface area contributed by atoms with Gasteiger partial charge in [0.2, 0.25) is 0 Å². The second-order valence-electron chi connectivity index (χ2n) is 4.42. The van der Waals surface area contributed by atoms with Gasteiger partial charge >= 0.3 is 5.97 Å². The molecule has 1 aliphatic carbocycles. The highest BCUT2D eigenvalue weighted by Crippen LogP contribution is 2.32. The van der Waals surface area contributed by atoms with Crippen LogP contribution in [0.2, 0.25) is 0 Å². The molecule has 1 rings (SSSR count). The molecule has 2 unspecified atom stereocenters. The van der Waals surface area contributed by atoms with Crippen LogP contribution >= 0.6 is 0 Å². The van der Waals surface area contributed by atoms with E-state index >= 15 is 0 Å². The molecule has 16 heavy (non-hydrogen) atoms. The summed E-state index contributed by atoms with van der Waals surface area (Å²) in [4.78, 5) is 22.7. The van der Waals surface area contributed by atoms with Crippen molar-refractivity contribution in [3.05, 3.63) is 0 Å². The van der Waals surface area contributed by atoms with Crippen molar-refractivity contribution in [2.45, 2.75) is 45.1 Å². The number of carbonyl (C=O) groups is 2. The van der Waals surface area contributed by atoms with Crippen molar-refractivity contribution in [2.75, 3.05) is 0 Å². The van der Waals surface area contributed by atoms with Crippen LogP contribution in [0.1, 0.15) is 39.5 Å². The van der Waals surface area contributed by atoms with Gasteiger partial charge in [0.1, 0.15) is 5.54 Å². The van der Waals surface area contributed by atoms with Gasteiger partial charge in [0.05, 0.1) is 0 Å². The lowest BCUT2D eigenvalue weighted by Crippen LogP contribution is -2.56. The standard InChI is InChI=1S/C12H17NO3/c1-3-5-10(14)13-12(11(15)16)7-4-6-9(2)8-12/h9H,4,6-8H2,1-2H3,(H,13,14)(H,15,16). The lowest BCUT2D eigenvalue weighted by atomic mass is 9.76. The van der Waals surface area contributed by atoms with E-state index in [1.165, 1.54) is 0 Å². The normalized spacial score (nSPS) is 28.8. The number of hydrogen-bond donors (Lipinski definition) is 2. The van der Waals surface area contributed by atoms with Gasteiger partial charge in [-0.15, -0.1) is 0 Å². The Labute approximate surface area is 95.4 Å². The maximum absolute atomic E-state index is 11.4. The van der Waals surface area contributed by atoms with E-state index in [0.29, 0.717) is 18.8 Å². The van der Waals surface area contributed by atoms with E-state index in [4.69, 9.17) is 0 Å². The molecule has 0 radical (unpaired) electrons. The van der Waals surface area contributed by atoms with E-state index < -0.39 is 17.4 Å². The summed E-state index contributed by atoms with van der Waals surface area (Å²) < 4.78 is 0. The number of carboxylic acid groups (broad SMARTS) is 1. The molecule has 0 saturated heterocycles. The lowest BCUT2D eigenvalue weighted by Gasteiger charge is -2.36. The van der Waals surface area contributed by atoms with Crippen molar-refractivity contribution < 1.29 is 14.7 Å². The van der Waals surface area contributed by atoms with Crippen molar-refractivity contribution in [1.29, 1.82) is 0 Å². The smallest absolute Gasteiger partial charge is 0.329 e. The van der Waals surface area contributed by atoms with Crippen molar-refractivity contribution in [2.24, 2.45) is 5.92 Å². The minimum Gasteiger partial charge on any atom is -0.480 e. The molecular formula is C12H17NO3. The van der Waals surface area contributed by atoms with Crippen LogP contribution in [-0.4, -0.2) is 22.5 Å². The molecule has 88 valence electrons. The monoisotopic (exact) mass is 223 g/mol. The Bertz CT molecular complexity index is 353. The number of rotatable bonds is 2. The van der Waals surface area contributed by atoms with Gasteiger partial charge in [-0.2, -0.15) is 0 Å². The maximum Gasteiger partial charge on any atom is 0.329 e. The third-order valence-electron chi connectivity index (χ3n) is 3.00. The van der Waals surface area contributed by atoms with Crippen LogP contribution < -0.4 is 5.32 Å². The Hall–Kier alpha value is -1.50. The van der Waals surface area contributed by atoms with Crippen molar-refractivity contribution in [3.8, 4) is 11.8 Å². The van der Waals surface area contributed by atoms with Crippen LogP contribution in [0.5, 0.6) is 0 Å². The maximum atomic E-state index is 11.4. The van der Waals surface area contributed by atoms with Crippen LogP contribution in [0.4, 0.5) is 0 Å². The molecule has 2 N–H and O–H groups in total. The van der Waals surface area contributed by atoms with E-state index in [1.54, 1.807) is 6.92 Å². The van der Waals surface area contributed by atoms with Crippen LogP contribution in [-0.2, 0) is 9.59 Å². The summed E-state index contributed by atoms with van der Waals surface area (Å²) in [6, 6.07) is 0. The zero-order valence-electron chi connectivity index (χ0n) is 9.67. The molecule has 2 atom stereocenters. The summed E-state index contributed by atoms with van der Waals surface area (Å²) in [6.07, 6.45) is 2.82. The molecule has 4 heteroatoms. The van der Waals surface area contributed by atoms with Gasteiger partial charge in [-0.25, -0.2) is 4.79 Å². The van der Waals surface area contributed by atoms with Gasteiger partial charge in [-0.05, 0) is 31.6 Å². The molecular weight excluding hydrogens is 206 g/mol. The van der Waals surface area contributed by atoms with E-state index in [0.717, 1.165) is 12.8 Å². The first kappa shape index (κ1) is 12.6. The highest BCUT2D eigenvalue weighted by atomic mass is 16.4. The Morgan fingerprint density at radius 3 is 2.69 bits per heavy atom. The van der Waals surface area contributed by atoms with Crippen LogP contribution in [0, 0.1) is 17.8 Å². The topological polar surface area (TPSA) is 66.4 Å². The van der Waals surface area contributed by atoms with Crippen LogP contribution in [0.15, 0.2) is 0 Å². The summed E-state index contributed by atoms with van der Waals surface area (Å²) in [7, 11) is 0. The molecule has 1 saturated carbocycles. The predicted molar refractivity (Wildman–Crippen MR) is 59.6 cm³/mol. The Morgan fingerprint density at radius 2 is 2.19 bits per heavy atom. The number of hydrogen-bond acceptors (Lipinski definition) is 2. The fraction of sp³-hybridized carbons (Fsp3) is 0.667. The van der Waals surface area contributed by atoms with Crippen molar-refractivity contribution in [1.82, 2.24) is 5.32 Å². The molecule has 4 nitrogen and oxygen atoms in total. The molecule has 0 heterocycles. The fourth-order valence-electron chi connectivity index (χ4n) is 2.27. The number of carbonyl (C=O) groups excluding carboxylic acids is 1. The van der Waals surface area contributed by atoms with Gasteiger partial charge in [0.25, 0.3) is 5.91 Å². The first-order valence-electron chi connectivity index (χ1n) is 5.48. The zero-order valence-corrected chi connectivity index (χ0v) is 9.67. The third-order valence-corrected chi connectivity index (χ3v) is 3.00. The molecule has 0 bridgehead atoms. The average Bonchev–Trinajstić information content (AvgIpc) is 2.17. The first-order valence-corrected chi connectivity index (χ1v) is 5.48.